The number of carboxylic acids is 1. The Morgan fingerprint density at radius 2 is 2.10 bits per heavy atom. The monoisotopic (exact) mass is 284 g/mol. The van der Waals surface area contributed by atoms with Crippen molar-refractivity contribution in [3.05, 3.63) is 35.6 Å². The van der Waals surface area contributed by atoms with Crippen molar-refractivity contribution in [2.24, 2.45) is 0 Å². The molecule has 0 bridgehead atoms. The van der Waals surface area contributed by atoms with E-state index in [1.807, 2.05) is 0 Å². The first-order valence-corrected chi connectivity index (χ1v) is 6.14. The van der Waals surface area contributed by atoms with Gasteiger partial charge in [-0.15, -0.1) is 0 Å². The van der Waals surface area contributed by atoms with Crippen LogP contribution >= 0.6 is 0 Å². The van der Waals surface area contributed by atoms with Gasteiger partial charge in [0.05, 0.1) is 6.61 Å². The van der Waals surface area contributed by atoms with Gasteiger partial charge in [-0.05, 0) is 24.6 Å². The topological polar surface area (TPSA) is 72.8 Å². The number of halogens is 1. The Balaban J connectivity index is 3.36. The van der Waals surface area contributed by atoms with Crippen molar-refractivity contribution in [1.29, 1.82) is 0 Å². The molecule has 0 aliphatic heterocycles. The molecular weight excluding hydrogens is 267 g/mol. The second kappa shape index (κ2) is 7.00. The summed E-state index contributed by atoms with van der Waals surface area (Å²) in [7, 11) is 1.39. The lowest BCUT2D eigenvalue weighted by Gasteiger charge is -2.27. The maximum Gasteiger partial charge on any atom is 0.328 e. The van der Waals surface area contributed by atoms with Gasteiger partial charge in [0.1, 0.15) is 5.82 Å². The summed E-state index contributed by atoms with van der Waals surface area (Å²) in [6, 6.07) is 4.95. The molecule has 0 spiro atoms. The first kappa shape index (κ1) is 16.1. The van der Waals surface area contributed by atoms with Crippen LogP contribution in [-0.2, 0) is 24.5 Å². The molecule has 110 valence electrons. The minimum absolute atomic E-state index is 0.0294. The molecule has 0 amide bonds. The summed E-state index contributed by atoms with van der Waals surface area (Å²) in [6.45, 7) is 1.64. The fourth-order valence-corrected chi connectivity index (χ4v) is 1.95. The fourth-order valence-electron chi connectivity index (χ4n) is 1.95. The molecule has 0 saturated carbocycles. The second-order valence-corrected chi connectivity index (χ2v) is 4.18. The van der Waals surface area contributed by atoms with Crippen LogP contribution in [0.1, 0.15) is 18.9 Å². The third-order valence-electron chi connectivity index (χ3n) is 2.99. The van der Waals surface area contributed by atoms with E-state index in [0.717, 1.165) is 6.07 Å². The van der Waals surface area contributed by atoms with Gasteiger partial charge < -0.3 is 14.6 Å². The number of ether oxygens (including phenoxy) is 2. The highest BCUT2D eigenvalue weighted by Crippen LogP contribution is 2.31. The number of esters is 1. The van der Waals surface area contributed by atoms with Crippen molar-refractivity contribution in [3.63, 3.8) is 0 Å². The normalized spacial score (nSPS) is 13.6. The molecule has 1 aromatic carbocycles. The number of aliphatic carboxylic acids is 1. The summed E-state index contributed by atoms with van der Waals surface area (Å²) in [4.78, 5) is 23.8. The lowest BCUT2D eigenvalue weighted by atomic mass is 9.77. The van der Waals surface area contributed by atoms with Gasteiger partial charge in [0, 0.05) is 20.1 Å². The van der Waals surface area contributed by atoms with Crippen molar-refractivity contribution in [3.8, 4) is 0 Å². The van der Waals surface area contributed by atoms with Crippen molar-refractivity contribution >= 4 is 11.9 Å². The molecular formula is C14H17FO5. The van der Waals surface area contributed by atoms with Gasteiger partial charge in [-0.25, -0.2) is 4.39 Å². The van der Waals surface area contributed by atoms with Gasteiger partial charge >= 0.3 is 11.9 Å². The Hall–Kier alpha value is -1.95. The number of hydrogen-bond donors (Lipinski definition) is 1. The van der Waals surface area contributed by atoms with Crippen LogP contribution in [0.4, 0.5) is 4.39 Å². The Labute approximate surface area is 116 Å². The molecule has 0 saturated heterocycles. The molecule has 0 radical (unpaired) electrons. The van der Waals surface area contributed by atoms with Crippen LogP contribution in [0.3, 0.4) is 0 Å². The van der Waals surface area contributed by atoms with E-state index in [0.29, 0.717) is 0 Å². The molecule has 0 heterocycles. The number of hydrogen-bond acceptors (Lipinski definition) is 4. The van der Waals surface area contributed by atoms with E-state index in [-0.39, 0.29) is 25.2 Å². The van der Waals surface area contributed by atoms with E-state index in [2.05, 4.69) is 0 Å². The summed E-state index contributed by atoms with van der Waals surface area (Å²) in [5, 5.41) is 9.51. The first-order valence-electron chi connectivity index (χ1n) is 6.14. The van der Waals surface area contributed by atoms with Gasteiger partial charge in [-0.2, -0.15) is 0 Å². The molecule has 5 nitrogen and oxygen atoms in total. The molecule has 0 fully saturated rings. The third-order valence-corrected chi connectivity index (χ3v) is 2.99. The molecule has 1 atom stereocenters. The van der Waals surface area contributed by atoms with Crippen LogP contribution in [0.15, 0.2) is 24.3 Å². The molecule has 6 heteroatoms. The van der Waals surface area contributed by atoms with Gasteiger partial charge in [-0.1, -0.05) is 12.1 Å². The summed E-state index contributed by atoms with van der Waals surface area (Å²) in [5.74, 6) is -2.93. The summed E-state index contributed by atoms with van der Waals surface area (Å²) in [6.07, 6.45) is -0.138. The summed E-state index contributed by atoms with van der Waals surface area (Å²) < 4.78 is 23.1. The highest BCUT2D eigenvalue weighted by Gasteiger charge is 2.49. The number of carboxylic acid groups (broad SMARTS) is 1. The van der Waals surface area contributed by atoms with E-state index in [1.54, 1.807) is 6.92 Å². The number of methoxy groups -OCH3 is 1. The number of carbonyl (C=O) groups is 2. The van der Waals surface area contributed by atoms with Crippen LogP contribution in [0.25, 0.3) is 0 Å². The molecule has 1 unspecified atom stereocenters. The molecule has 0 aromatic heterocycles. The van der Waals surface area contributed by atoms with Crippen molar-refractivity contribution in [2.75, 3.05) is 20.3 Å². The summed E-state index contributed by atoms with van der Waals surface area (Å²) >= 11 is 0. The number of rotatable bonds is 7. The molecule has 1 aromatic rings. The first-order chi connectivity index (χ1) is 9.48. The van der Waals surface area contributed by atoms with Crippen LogP contribution in [0, 0.1) is 5.82 Å². The molecule has 1 N–H and O–H groups in total. The van der Waals surface area contributed by atoms with Gasteiger partial charge in [0.2, 0.25) is 0 Å². The Morgan fingerprint density at radius 1 is 1.40 bits per heavy atom. The third kappa shape index (κ3) is 3.14. The second-order valence-electron chi connectivity index (χ2n) is 4.18. The maximum atomic E-state index is 13.4. The van der Waals surface area contributed by atoms with Gasteiger partial charge in [-0.3, -0.25) is 9.59 Å². The predicted octanol–water partition coefficient (Wildman–Crippen LogP) is 1.75. The van der Waals surface area contributed by atoms with Crippen LogP contribution in [-0.4, -0.2) is 37.4 Å². The van der Waals surface area contributed by atoms with Crippen LogP contribution in [0.5, 0.6) is 0 Å². The SMILES string of the molecule is CCOC(=O)C(CCOC)(C(=O)O)c1cccc(F)c1. The Morgan fingerprint density at radius 3 is 2.60 bits per heavy atom. The predicted molar refractivity (Wildman–Crippen MR) is 68.8 cm³/mol. The summed E-state index contributed by atoms with van der Waals surface area (Å²) in [5.41, 5.74) is -1.92. The van der Waals surface area contributed by atoms with Crippen LogP contribution in [0.2, 0.25) is 0 Å². The molecule has 20 heavy (non-hydrogen) atoms. The molecule has 1 rings (SSSR count). The van der Waals surface area contributed by atoms with E-state index >= 15 is 0 Å². The number of carbonyl (C=O) groups excluding carboxylic acids is 1. The lowest BCUT2D eigenvalue weighted by Crippen LogP contribution is -2.46. The van der Waals surface area contributed by atoms with Gasteiger partial charge in [0.15, 0.2) is 5.41 Å². The average Bonchev–Trinajstić information content (AvgIpc) is 2.39. The highest BCUT2D eigenvalue weighted by molar-refractivity contribution is 6.05. The van der Waals surface area contributed by atoms with Crippen molar-refractivity contribution in [1.82, 2.24) is 0 Å². The zero-order valence-corrected chi connectivity index (χ0v) is 11.4. The minimum atomic E-state index is -1.96. The van der Waals surface area contributed by atoms with E-state index in [9.17, 15) is 19.1 Å². The maximum absolute atomic E-state index is 13.4. The fraction of sp³-hybridized carbons (Fsp3) is 0.429. The van der Waals surface area contributed by atoms with Crippen molar-refractivity contribution in [2.45, 2.75) is 18.8 Å². The minimum Gasteiger partial charge on any atom is -0.480 e. The standard InChI is InChI=1S/C14H17FO5/c1-3-20-13(18)14(12(16)17,7-8-19-2)10-5-4-6-11(15)9-10/h4-6,9H,3,7-8H2,1-2H3,(H,16,17). The quantitative estimate of drug-likeness (QED) is 0.610. The largest absolute Gasteiger partial charge is 0.480 e. The highest BCUT2D eigenvalue weighted by atomic mass is 19.1. The lowest BCUT2D eigenvalue weighted by molar-refractivity contribution is -0.162. The van der Waals surface area contributed by atoms with Gasteiger partial charge in [0.25, 0.3) is 0 Å². The Bertz CT molecular complexity index is 488. The van der Waals surface area contributed by atoms with E-state index < -0.39 is 23.2 Å². The number of benzene rings is 1. The Kier molecular flexibility index (Phi) is 5.64. The zero-order chi connectivity index (χ0) is 15.2. The zero-order valence-electron chi connectivity index (χ0n) is 11.4. The smallest absolute Gasteiger partial charge is 0.328 e. The molecule has 0 aliphatic carbocycles. The molecule has 0 aliphatic rings. The van der Waals surface area contributed by atoms with Crippen molar-refractivity contribution < 1.29 is 28.6 Å². The van der Waals surface area contributed by atoms with E-state index in [1.165, 1.54) is 25.3 Å². The van der Waals surface area contributed by atoms with Crippen LogP contribution < -0.4 is 0 Å². The average molecular weight is 284 g/mol. The van der Waals surface area contributed by atoms with E-state index in [4.69, 9.17) is 9.47 Å².